The number of ketones is 1. The number of rotatable bonds is 7. The second kappa shape index (κ2) is 7.88. The molecule has 1 N–H and O–H groups in total. The maximum atomic E-state index is 13.3. The summed E-state index contributed by atoms with van der Waals surface area (Å²) in [5.41, 5.74) is -0.656. The highest BCUT2D eigenvalue weighted by atomic mass is 19.1. The first kappa shape index (κ1) is 19.7. The minimum atomic E-state index is -1.33. The molecule has 0 bridgehead atoms. The number of Topliss-reactive ketones (excluding diaryl/α,β-unsaturated/α-hetero) is 1. The fraction of sp³-hybridized carbons (Fsp3) is 0.286. The molecule has 2 aromatic carbocycles. The normalized spacial score (nSPS) is 19.0. The van der Waals surface area contributed by atoms with Crippen molar-refractivity contribution < 1.29 is 23.2 Å². The van der Waals surface area contributed by atoms with Crippen LogP contribution in [-0.2, 0) is 10.3 Å². The Labute approximate surface area is 161 Å². The van der Waals surface area contributed by atoms with E-state index in [0.717, 1.165) is 23.5 Å². The third kappa shape index (κ3) is 3.65. The van der Waals surface area contributed by atoms with Crippen molar-refractivity contribution in [1.82, 2.24) is 10.2 Å². The van der Waals surface area contributed by atoms with Crippen molar-refractivity contribution >= 4 is 17.7 Å². The zero-order chi connectivity index (χ0) is 20.3. The minimum absolute atomic E-state index is 0.204. The second-order valence-electron chi connectivity index (χ2n) is 6.77. The maximum Gasteiger partial charge on any atom is 0.325 e. The van der Waals surface area contributed by atoms with Crippen molar-refractivity contribution in [2.75, 3.05) is 6.54 Å². The van der Waals surface area contributed by atoms with Crippen LogP contribution in [0.15, 0.2) is 48.5 Å². The number of carbonyl (C=O) groups is 3. The van der Waals surface area contributed by atoms with E-state index in [1.54, 1.807) is 0 Å². The number of unbranched alkanes of at least 4 members (excludes halogenated alkanes) is 1. The largest absolute Gasteiger partial charge is 0.325 e. The van der Waals surface area contributed by atoms with Gasteiger partial charge in [-0.3, -0.25) is 14.5 Å². The van der Waals surface area contributed by atoms with Gasteiger partial charge in [-0.1, -0.05) is 31.9 Å². The van der Waals surface area contributed by atoms with Gasteiger partial charge in [0, 0.05) is 5.56 Å². The number of nitrogens with one attached hydrogen (secondary N) is 1. The van der Waals surface area contributed by atoms with Crippen LogP contribution < -0.4 is 5.32 Å². The highest BCUT2D eigenvalue weighted by Crippen LogP contribution is 2.34. The molecule has 7 heteroatoms. The van der Waals surface area contributed by atoms with Crippen LogP contribution in [0.3, 0.4) is 0 Å². The lowest BCUT2D eigenvalue weighted by molar-refractivity contribution is -0.131. The molecule has 0 aromatic heterocycles. The van der Waals surface area contributed by atoms with Crippen LogP contribution in [0.1, 0.15) is 42.1 Å². The quantitative estimate of drug-likeness (QED) is 0.582. The maximum absolute atomic E-state index is 13.3. The molecule has 5 nitrogen and oxygen atoms in total. The summed E-state index contributed by atoms with van der Waals surface area (Å²) in [4.78, 5) is 39.0. The number of imide groups is 1. The Bertz CT molecular complexity index is 897. The fourth-order valence-corrected chi connectivity index (χ4v) is 3.33. The number of nitrogens with zero attached hydrogens (tertiary/aromatic N) is 1. The van der Waals surface area contributed by atoms with Gasteiger partial charge in [-0.2, -0.15) is 0 Å². The van der Waals surface area contributed by atoms with Gasteiger partial charge < -0.3 is 5.32 Å². The summed E-state index contributed by atoms with van der Waals surface area (Å²) < 4.78 is 26.4. The van der Waals surface area contributed by atoms with Gasteiger partial charge in [0.2, 0.25) is 0 Å². The summed E-state index contributed by atoms with van der Waals surface area (Å²) in [7, 11) is 0. The molecule has 2 aromatic rings. The van der Waals surface area contributed by atoms with Crippen molar-refractivity contribution in [3.05, 3.63) is 71.3 Å². The smallest absolute Gasteiger partial charge is 0.319 e. The molecular weight excluding hydrogens is 366 g/mol. The lowest BCUT2D eigenvalue weighted by Crippen LogP contribution is -2.44. The van der Waals surface area contributed by atoms with Crippen molar-refractivity contribution in [3.63, 3.8) is 0 Å². The standard InChI is InChI=1S/C21H20F2N2O3/c1-2-3-12-21(15-6-10-17(23)11-7-15)19(27)25(20(28)24-21)13-18(26)14-4-8-16(22)9-5-14/h4-11H,2-3,12-13H2,1H3,(H,24,28)/t21-/m0/s1. The molecule has 3 amide bonds. The second-order valence-corrected chi connectivity index (χ2v) is 6.77. The molecule has 1 heterocycles. The molecule has 146 valence electrons. The van der Waals surface area contributed by atoms with Gasteiger partial charge >= 0.3 is 6.03 Å². The molecule has 0 aliphatic carbocycles. The molecular formula is C21H20F2N2O3. The third-order valence-corrected chi connectivity index (χ3v) is 4.89. The predicted molar refractivity (Wildman–Crippen MR) is 98.6 cm³/mol. The Balaban J connectivity index is 1.89. The summed E-state index contributed by atoms with van der Waals surface area (Å²) in [5.74, 6) is -1.96. The molecule has 0 unspecified atom stereocenters. The van der Waals surface area contributed by atoms with Crippen molar-refractivity contribution in [2.45, 2.75) is 31.7 Å². The number of amides is 3. The third-order valence-electron chi connectivity index (χ3n) is 4.89. The predicted octanol–water partition coefficient (Wildman–Crippen LogP) is 3.79. The van der Waals surface area contributed by atoms with Crippen molar-refractivity contribution in [3.8, 4) is 0 Å². The van der Waals surface area contributed by atoms with Gasteiger partial charge in [0.05, 0.1) is 6.54 Å². The SMILES string of the molecule is CCCC[C@@]1(c2ccc(F)cc2)NC(=O)N(CC(=O)c2ccc(F)cc2)C1=O. The Morgan fingerprint density at radius 2 is 1.57 bits per heavy atom. The number of halogens is 2. The summed E-state index contributed by atoms with van der Waals surface area (Å²) in [6.45, 7) is 1.50. The lowest BCUT2D eigenvalue weighted by atomic mass is 9.84. The molecule has 0 radical (unpaired) electrons. The topological polar surface area (TPSA) is 66.5 Å². The molecule has 28 heavy (non-hydrogen) atoms. The zero-order valence-corrected chi connectivity index (χ0v) is 15.4. The summed E-state index contributed by atoms with van der Waals surface area (Å²) in [6.07, 6.45) is 1.78. The van der Waals surface area contributed by atoms with Crippen molar-refractivity contribution in [1.29, 1.82) is 0 Å². The average Bonchev–Trinajstić information content (AvgIpc) is 2.92. The van der Waals surface area contributed by atoms with Crippen LogP contribution in [0.25, 0.3) is 0 Å². The molecule has 1 aliphatic heterocycles. The molecule has 1 saturated heterocycles. The van der Waals surface area contributed by atoms with Crippen LogP contribution in [0, 0.1) is 11.6 Å². The molecule has 1 fully saturated rings. The first-order chi connectivity index (χ1) is 13.4. The zero-order valence-electron chi connectivity index (χ0n) is 15.4. The van der Waals surface area contributed by atoms with Gasteiger partial charge in [0.15, 0.2) is 5.78 Å². The van der Waals surface area contributed by atoms with E-state index in [9.17, 15) is 23.2 Å². The Morgan fingerprint density at radius 1 is 1.00 bits per heavy atom. The van der Waals surface area contributed by atoms with Gasteiger partial charge in [-0.25, -0.2) is 13.6 Å². The number of carbonyl (C=O) groups excluding carboxylic acids is 3. The lowest BCUT2D eigenvalue weighted by Gasteiger charge is -2.27. The summed E-state index contributed by atoms with van der Waals surface area (Å²) >= 11 is 0. The van der Waals surface area contributed by atoms with E-state index in [2.05, 4.69) is 5.32 Å². The van der Waals surface area contributed by atoms with Crippen LogP contribution in [-0.4, -0.2) is 29.2 Å². The first-order valence-corrected chi connectivity index (χ1v) is 9.06. The molecule has 1 atom stereocenters. The van der Waals surface area contributed by atoms with Crippen LogP contribution in [0.5, 0.6) is 0 Å². The van der Waals surface area contributed by atoms with E-state index in [4.69, 9.17) is 0 Å². The Kier molecular flexibility index (Phi) is 5.53. The highest BCUT2D eigenvalue weighted by Gasteiger charge is 2.52. The monoisotopic (exact) mass is 386 g/mol. The van der Waals surface area contributed by atoms with E-state index in [1.807, 2.05) is 6.92 Å². The van der Waals surface area contributed by atoms with Gasteiger partial charge in [0.1, 0.15) is 17.2 Å². The first-order valence-electron chi connectivity index (χ1n) is 9.06. The fourth-order valence-electron chi connectivity index (χ4n) is 3.33. The number of urea groups is 1. The van der Waals surface area contributed by atoms with Crippen LogP contribution in [0.2, 0.25) is 0 Å². The molecule has 0 spiro atoms. The summed E-state index contributed by atoms with van der Waals surface area (Å²) in [6, 6.07) is 9.61. The number of benzene rings is 2. The van der Waals surface area contributed by atoms with Gasteiger partial charge in [0.25, 0.3) is 5.91 Å². The van der Waals surface area contributed by atoms with E-state index in [1.165, 1.54) is 36.4 Å². The molecule has 3 rings (SSSR count). The van der Waals surface area contributed by atoms with Gasteiger partial charge in [-0.15, -0.1) is 0 Å². The van der Waals surface area contributed by atoms with Crippen molar-refractivity contribution in [2.24, 2.45) is 0 Å². The van der Waals surface area contributed by atoms with Gasteiger partial charge in [-0.05, 0) is 48.4 Å². The molecule has 1 aliphatic rings. The average molecular weight is 386 g/mol. The number of hydrogen-bond acceptors (Lipinski definition) is 3. The molecule has 0 saturated carbocycles. The highest BCUT2D eigenvalue weighted by molar-refractivity contribution is 6.11. The van der Waals surface area contributed by atoms with Crippen LogP contribution >= 0.6 is 0 Å². The van der Waals surface area contributed by atoms with E-state index in [0.29, 0.717) is 18.4 Å². The minimum Gasteiger partial charge on any atom is -0.319 e. The number of hydrogen-bond donors (Lipinski definition) is 1. The van der Waals surface area contributed by atoms with E-state index in [-0.39, 0.29) is 5.56 Å². The Hall–Kier alpha value is -3.09. The van der Waals surface area contributed by atoms with E-state index < -0.39 is 41.4 Å². The summed E-state index contributed by atoms with van der Waals surface area (Å²) in [5, 5.41) is 2.71. The van der Waals surface area contributed by atoms with Crippen LogP contribution in [0.4, 0.5) is 13.6 Å². The van der Waals surface area contributed by atoms with E-state index >= 15 is 0 Å². The Morgan fingerprint density at radius 3 is 2.14 bits per heavy atom.